The van der Waals surface area contributed by atoms with Crippen LogP contribution in [-0.2, 0) is 17.5 Å². The highest BCUT2D eigenvalue weighted by molar-refractivity contribution is 5.74. The van der Waals surface area contributed by atoms with Crippen LogP contribution in [0.4, 0.5) is 13.2 Å². The molecule has 1 fully saturated rings. The van der Waals surface area contributed by atoms with E-state index in [1.165, 1.54) is 12.1 Å². The van der Waals surface area contributed by atoms with E-state index in [2.05, 4.69) is 4.90 Å². The zero-order valence-electron chi connectivity index (χ0n) is 11.7. The van der Waals surface area contributed by atoms with Crippen molar-refractivity contribution in [3.8, 4) is 0 Å². The minimum absolute atomic E-state index is 0.0331. The molecule has 1 heterocycles. The number of hydrogen-bond donors (Lipinski definition) is 1. The number of likely N-dealkylation sites (tertiary alicyclic amines) is 1. The summed E-state index contributed by atoms with van der Waals surface area (Å²) in [5, 5.41) is 0. The molecular formula is C15H19F3N2O. The standard InChI is InChI=1S/C15H19F3N2O/c16-15(17,18)12-5-3-4-11(8-12)10-20-7-2-1-6-13(20)9-14(19)21/h3-5,8,13H,1-2,6-7,9-10H2,(H2,19,21)/t13-/m0/s1. The summed E-state index contributed by atoms with van der Waals surface area (Å²) in [6.07, 6.45) is -1.18. The van der Waals surface area contributed by atoms with Gasteiger partial charge < -0.3 is 5.73 Å². The molecule has 1 amide bonds. The van der Waals surface area contributed by atoms with E-state index in [4.69, 9.17) is 5.73 Å². The molecule has 1 aliphatic heterocycles. The lowest BCUT2D eigenvalue weighted by atomic mass is 9.98. The zero-order valence-corrected chi connectivity index (χ0v) is 11.7. The first-order chi connectivity index (χ1) is 9.86. The van der Waals surface area contributed by atoms with Gasteiger partial charge in [-0.1, -0.05) is 24.6 Å². The quantitative estimate of drug-likeness (QED) is 0.929. The Hall–Kier alpha value is -1.56. The van der Waals surface area contributed by atoms with Crippen LogP contribution in [0.1, 0.15) is 36.8 Å². The molecular weight excluding hydrogens is 281 g/mol. The van der Waals surface area contributed by atoms with Crippen molar-refractivity contribution < 1.29 is 18.0 Å². The van der Waals surface area contributed by atoms with E-state index in [9.17, 15) is 18.0 Å². The van der Waals surface area contributed by atoms with Crippen LogP contribution >= 0.6 is 0 Å². The minimum Gasteiger partial charge on any atom is -0.370 e. The van der Waals surface area contributed by atoms with Gasteiger partial charge in [0.05, 0.1) is 5.56 Å². The summed E-state index contributed by atoms with van der Waals surface area (Å²) in [4.78, 5) is 13.2. The number of nitrogens with zero attached hydrogens (tertiary/aromatic N) is 1. The van der Waals surface area contributed by atoms with Crippen molar-refractivity contribution in [2.75, 3.05) is 6.54 Å². The summed E-state index contributed by atoms with van der Waals surface area (Å²) in [7, 11) is 0. The molecule has 21 heavy (non-hydrogen) atoms. The highest BCUT2D eigenvalue weighted by Gasteiger charge is 2.31. The summed E-state index contributed by atoms with van der Waals surface area (Å²) >= 11 is 0. The van der Waals surface area contributed by atoms with Gasteiger partial charge in [-0.3, -0.25) is 9.69 Å². The largest absolute Gasteiger partial charge is 0.416 e. The Labute approximate surface area is 121 Å². The third-order valence-electron chi connectivity index (χ3n) is 3.83. The summed E-state index contributed by atoms with van der Waals surface area (Å²) in [5.41, 5.74) is 5.22. The fourth-order valence-corrected chi connectivity index (χ4v) is 2.81. The second-order valence-electron chi connectivity index (χ2n) is 5.49. The van der Waals surface area contributed by atoms with Crippen LogP contribution in [0.5, 0.6) is 0 Å². The molecule has 0 spiro atoms. The molecule has 0 radical (unpaired) electrons. The van der Waals surface area contributed by atoms with Crippen molar-refractivity contribution >= 4 is 5.91 Å². The molecule has 1 saturated heterocycles. The number of piperidine rings is 1. The van der Waals surface area contributed by atoms with Crippen molar-refractivity contribution in [3.05, 3.63) is 35.4 Å². The van der Waals surface area contributed by atoms with E-state index in [0.717, 1.165) is 31.9 Å². The van der Waals surface area contributed by atoms with Crippen LogP contribution in [-0.4, -0.2) is 23.4 Å². The molecule has 6 heteroatoms. The van der Waals surface area contributed by atoms with E-state index in [-0.39, 0.29) is 18.4 Å². The van der Waals surface area contributed by atoms with Crippen LogP contribution in [0.2, 0.25) is 0 Å². The summed E-state index contributed by atoms with van der Waals surface area (Å²) in [6, 6.07) is 5.39. The number of carbonyl (C=O) groups excluding carboxylic acids is 1. The molecule has 1 aliphatic rings. The van der Waals surface area contributed by atoms with Crippen LogP contribution < -0.4 is 5.73 Å². The molecule has 0 unspecified atom stereocenters. The Bertz CT molecular complexity index is 502. The average Bonchev–Trinajstić information content (AvgIpc) is 2.40. The van der Waals surface area contributed by atoms with Gasteiger partial charge in [-0.25, -0.2) is 0 Å². The Morgan fingerprint density at radius 2 is 2.10 bits per heavy atom. The Kier molecular flexibility index (Phi) is 4.88. The lowest BCUT2D eigenvalue weighted by molar-refractivity contribution is -0.137. The normalized spacial score (nSPS) is 20.4. The van der Waals surface area contributed by atoms with Gasteiger partial charge in [0.25, 0.3) is 0 Å². The topological polar surface area (TPSA) is 46.3 Å². The zero-order chi connectivity index (χ0) is 15.5. The van der Waals surface area contributed by atoms with Crippen molar-refractivity contribution in [3.63, 3.8) is 0 Å². The van der Waals surface area contributed by atoms with E-state index >= 15 is 0 Å². The number of hydrogen-bond acceptors (Lipinski definition) is 2. The maximum atomic E-state index is 12.7. The molecule has 1 aromatic rings. The second kappa shape index (κ2) is 6.47. The van der Waals surface area contributed by atoms with Gasteiger partial charge in [-0.15, -0.1) is 0 Å². The first-order valence-corrected chi connectivity index (χ1v) is 7.05. The Morgan fingerprint density at radius 3 is 2.76 bits per heavy atom. The van der Waals surface area contributed by atoms with Gasteiger partial charge >= 0.3 is 6.18 Å². The van der Waals surface area contributed by atoms with E-state index in [1.54, 1.807) is 6.07 Å². The van der Waals surface area contributed by atoms with Gasteiger partial charge in [-0.2, -0.15) is 13.2 Å². The van der Waals surface area contributed by atoms with Crippen molar-refractivity contribution in [1.29, 1.82) is 0 Å². The molecule has 0 aliphatic carbocycles. The summed E-state index contributed by atoms with van der Waals surface area (Å²) < 4.78 is 38.2. The molecule has 2 N–H and O–H groups in total. The number of rotatable bonds is 4. The number of benzene rings is 1. The predicted octanol–water partition coefficient (Wildman–Crippen LogP) is 2.94. The lowest BCUT2D eigenvalue weighted by Crippen LogP contribution is -2.41. The maximum Gasteiger partial charge on any atom is 0.416 e. The van der Waals surface area contributed by atoms with E-state index in [1.807, 2.05) is 0 Å². The number of amides is 1. The summed E-state index contributed by atoms with van der Waals surface area (Å²) in [6.45, 7) is 1.20. The third-order valence-corrected chi connectivity index (χ3v) is 3.83. The molecule has 0 aromatic heterocycles. The molecule has 1 aromatic carbocycles. The van der Waals surface area contributed by atoms with E-state index in [0.29, 0.717) is 12.1 Å². The number of primary amides is 1. The first-order valence-electron chi connectivity index (χ1n) is 7.05. The maximum absolute atomic E-state index is 12.7. The molecule has 0 saturated carbocycles. The van der Waals surface area contributed by atoms with Crippen molar-refractivity contribution in [1.82, 2.24) is 4.90 Å². The smallest absolute Gasteiger partial charge is 0.370 e. The second-order valence-corrected chi connectivity index (χ2v) is 5.49. The predicted molar refractivity (Wildman–Crippen MR) is 73.3 cm³/mol. The number of nitrogens with two attached hydrogens (primary N) is 1. The molecule has 3 nitrogen and oxygen atoms in total. The van der Waals surface area contributed by atoms with Crippen molar-refractivity contribution in [2.24, 2.45) is 5.73 Å². The summed E-state index contributed by atoms with van der Waals surface area (Å²) in [5.74, 6) is -0.365. The van der Waals surface area contributed by atoms with Gasteiger partial charge in [0, 0.05) is 19.0 Å². The molecule has 2 rings (SSSR count). The third kappa shape index (κ3) is 4.46. The Morgan fingerprint density at radius 1 is 1.33 bits per heavy atom. The first kappa shape index (κ1) is 15.8. The van der Waals surface area contributed by atoms with Crippen LogP contribution in [0.15, 0.2) is 24.3 Å². The Balaban J connectivity index is 2.10. The van der Waals surface area contributed by atoms with Gasteiger partial charge in [0.2, 0.25) is 5.91 Å². The van der Waals surface area contributed by atoms with E-state index < -0.39 is 11.7 Å². The SMILES string of the molecule is NC(=O)C[C@@H]1CCCCN1Cc1cccc(C(F)(F)F)c1. The fraction of sp³-hybridized carbons (Fsp3) is 0.533. The van der Waals surface area contributed by atoms with Crippen LogP contribution in [0.25, 0.3) is 0 Å². The van der Waals surface area contributed by atoms with Gasteiger partial charge in [-0.05, 0) is 31.0 Å². The van der Waals surface area contributed by atoms with Crippen LogP contribution in [0.3, 0.4) is 0 Å². The fourth-order valence-electron chi connectivity index (χ4n) is 2.81. The average molecular weight is 300 g/mol. The minimum atomic E-state index is -4.33. The van der Waals surface area contributed by atoms with Crippen LogP contribution in [0, 0.1) is 0 Å². The molecule has 116 valence electrons. The van der Waals surface area contributed by atoms with Gasteiger partial charge in [0.1, 0.15) is 0 Å². The monoisotopic (exact) mass is 300 g/mol. The number of halogens is 3. The molecule has 0 bridgehead atoms. The molecule has 1 atom stereocenters. The highest BCUT2D eigenvalue weighted by Crippen LogP contribution is 2.30. The van der Waals surface area contributed by atoms with Crippen molar-refractivity contribution in [2.45, 2.75) is 44.4 Å². The number of carbonyl (C=O) groups is 1. The van der Waals surface area contributed by atoms with Gasteiger partial charge in [0.15, 0.2) is 0 Å². The highest BCUT2D eigenvalue weighted by atomic mass is 19.4. The number of alkyl halides is 3. The lowest BCUT2D eigenvalue weighted by Gasteiger charge is -2.35.